The maximum Gasteiger partial charge on any atom is 0.208 e. The highest BCUT2D eigenvalue weighted by Gasteiger charge is 2.14. The molecule has 4 nitrogen and oxygen atoms in total. The topological polar surface area (TPSA) is 49.3 Å². The van der Waals surface area contributed by atoms with Gasteiger partial charge in [-0.25, -0.2) is 0 Å². The van der Waals surface area contributed by atoms with Gasteiger partial charge in [0.2, 0.25) is 5.13 Å². The molecule has 0 bridgehead atoms. The Morgan fingerprint density at radius 3 is 2.43 bits per heavy atom. The SMILES string of the molecule is C[C@@H](O)[C@@H](C)Sc1nnc(N(C)C)s1. The lowest BCUT2D eigenvalue weighted by Crippen LogP contribution is -2.14. The molecular formula is C8H15N3OS2. The summed E-state index contributed by atoms with van der Waals surface area (Å²) < 4.78 is 0.905. The van der Waals surface area contributed by atoms with Gasteiger partial charge in [0.15, 0.2) is 4.34 Å². The first-order valence-electron chi connectivity index (χ1n) is 4.36. The molecule has 0 aliphatic heterocycles. The molecular weight excluding hydrogens is 218 g/mol. The lowest BCUT2D eigenvalue weighted by atomic mass is 10.3. The van der Waals surface area contributed by atoms with Crippen LogP contribution in [-0.4, -0.2) is 40.8 Å². The minimum absolute atomic E-state index is 0.151. The van der Waals surface area contributed by atoms with Crippen LogP contribution in [0.1, 0.15) is 13.8 Å². The Balaban J connectivity index is 2.60. The second kappa shape index (κ2) is 4.95. The van der Waals surface area contributed by atoms with E-state index in [1.165, 1.54) is 0 Å². The maximum absolute atomic E-state index is 9.32. The molecule has 0 aliphatic rings. The van der Waals surface area contributed by atoms with Gasteiger partial charge in [0.25, 0.3) is 0 Å². The van der Waals surface area contributed by atoms with Crippen molar-refractivity contribution in [3.8, 4) is 0 Å². The Hall–Kier alpha value is -0.330. The first-order chi connectivity index (χ1) is 6.50. The lowest BCUT2D eigenvalue weighted by Gasteiger charge is -2.10. The summed E-state index contributed by atoms with van der Waals surface area (Å²) in [6, 6.07) is 0. The van der Waals surface area contributed by atoms with Gasteiger partial charge in [0.1, 0.15) is 0 Å². The van der Waals surface area contributed by atoms with Crippen molar-refractivity contribution < 1.29 is 5.11 Å². The summed E-state index contributed by atoms with van der Waals surface area (Å²) in [6.45, 7) is 3.76. The molecule has 0 saturated heterocycles. The van der Waals surface area contributed by atoms with Gasteiger partial charge in [0.05, 0.1) is 6.10 Å². The molecule has 80 valence electrons. The van der Waals surface area contributed by atoms with E-state index in [2.05, 4.69) is 10.2 Å². The first kappa shape index (κ1) is 11.7. The second-order valence-corrected chi connectivity index (χ2v) is 5.89. The molecule has 0 fully saturated rings. The van der Waals surface area contributed by atoms with Crippen molar-refractivity contribution in [3.05, 3.63) is 0 Å². The zero-order valence-corrected chi connectivity index (χ0v) is 10.4. The van der Waals surface area contributed by atoms with Crippen LogP contribution >= 0.6 is 23.1 Å². The van der Waals surface area contributed by atoms with E-state index in [9.17, 15) is 5.11 Å². The van der Waals surface area contributed by atoms with Crippen molar-refractivity contribution >= 4 is 28.2 Å². The zero-order chi connectivity index (χ0) is 10.7. The number of aliphatic hydroxyl groups excluding tert-OH is 1. The summed E-state index contributed by atoms with van der Waals surface area (Å²) in [5.74, 6) is 0. The van der Waals surface area contributed by atoms with Crippen molar-refractivity contribution in [3.63, 3.8) is 0 Å². The average molecular weight is 233 g/mol. The molecule has 0 unspecified atom stereocenters. The average Bonchev–Trinajstić information content (AvgIpc) is 2.52. The molecule has 2 atom stereocenters. The normalized spacial score (nSPS) is 15.2. The van der Waals surface area contributed by atoms with Crippen LogP contribution in [0.25, 0.3) is 0 Å². The minimum Gasteiger partial charge on any atom is -0.392 e. The summed E-state index contributed by atoms with van der Waals surface area (Å²) in [6.07, 6.45) is -0.327. The molecule has 0 radical (unpaired) electrons. The third-order valence-corrected chi connectivity index (χ3v) is 4.22. The van der Waals surface area contributed by atoms with Gasteiger partial charge in [-0.3, -0.25) is 0 Å². The fraction of sp³-hybridized carbons (Fsp3) is 0.750. The van der Waals surface area contributed by atoms with Crippen LogP contribution < -0.4 is 4.90 Å². The molecule has 1 rings (SSSR count). The highest BCUT2D eigenvalue weighted by Crippen LogP contribution is 2.30. The molecule has 0 aliphatic carbocycles. The predicted octanol–water partition coefficient (Wildman–Crippen LogP) is 1.47. The van der Waals surface area contributed by atoms with E-state index < -0.39 is 0 Å². The Kier molecular flexibility index (Phi) is 4.15. The smallest absolute Gasteiger partial charge is 0.208 e. The summed E-state index contributed by atoms with van der Waals surface area (Å²) in [5.41, 5.74) is 0. The standard InChI is InChI=1S/C8H15N3OS2/c1-5(12)6(2)13-8-10-9-7(14-8)11(3)4/h5-6,12H,1-4H3/t5-,6-/m1/s1. The predicted molar refractivity (Wildman–Crippen MR) is 61.2 cm³/mol. The molecule has 14 heavy (non-hydrogen) atoms. The summed E-state index contributed by atoms with van der Waals surface area (Å²) in [4.78, 5) is 1.93. The van der Waals surface area contributed by atoms with Crippen LogP contribution in [0, 0.1) is 0 Å². The van der Waals surface area contributed by atoms with Crippen molar-refractivity contribution in [1.29, 1.82) is 0 Å². The Morgan fingerprint density at radius 1 is 1.36 bits per heavy atom. The number of aromatic nitrogens is 2. The van der Waals surface area contributed by atoms with Gasteiger partial charge in [-0.15, -0.1) is 10.2 Å². The third kappa shape index (κ3) is 3.11. The van der Waals surface area contributed by atoms with Crippen LogP contribution in [0.4, 0.5) is 5.13 Å². The van der Waals surface area contributed by atoms with Crippen molar-refractivity contribution in [2.45, 2.75) is 29.5 Å². The Bertz CT molecular complexity index is 288. The highest BCUT2D eigenvalue weighted by atomic mass is 32.2. The minimum atomic E-state index is -0.327. The van der Waals surface area contributed by atoms with Gasteiger partial charge in [-0.2, -0.15) is 0 Å². The summed E-state index contributed by atoms with van der Waals surface area (Å²) >= 11 is 3.10. The fourth-order valence-electron chi connectivity index (χ4n) is 0.688. The number of hydrogen-bond donors (Lipinski definition) is 1. The monoisotopic (exact) mass is 233 g/mol. The summed E-state index contributed by atoms with van der Waals surface area (Å²) in [7, 11) is 3.88. The fourth-order valence-corrected chi connectivity index (χ4v) is 2.66. The van der Waals surface area contributed by atoms with Gasteiger partial charge >= 0.3 is 0 Å². The largest absolute Gasteiger partial charge is 0.392 e. The molecule has 0 aromatic carbocycles. The Labute approximate surface area is 92.3 Å². The molecule has 1 N–H and O–H groups in total. The molecule has 1 aromatic heterocycles. The first-order valence-corrected chi connectivity index (χ1v) is 6.06. The molecule has 6 heteroatoms. The molecule has 1 aromatic rings. The molecule has 0 saturated carbocycles. The van der Waals surface area contributed by atoms with Gasteiger partial charge in [0, 0.05) is 19.3 Å². The summed E-state index contributed by atoms with van der Waals surface area (Å²) in [5, 5.41) is 18.4. The number of aliphatic hydroxyl groups is 1. The van der Waals surface area contributed by atoms with Crippen LogP contribution in [-0.2, 0) is 0 Å². The molecule has 0 spiro atoms. The highest BCUT2D eigenvalue weighted by molar-refractivity contribution is 8.01. The quantitative estimate of drug-likeness (QED) is 0.798. The van der Waals surface area contributed by atoms with Crippen molar-refractivity contribution in [2.24, 2.45) is 0 Å². The number of rotatable bonds is 4. The van der Waals surface area contributed by atoms with E-state index in [4.69, 9.17) is 0 Å². The van der Waals surface area contributed by atoms with Crippen LogP contribution in [0.15, 0.2) is 4.34 Å². The van der Waals surface area contributed by atoms with E-state index >= 15 is 0 Å². The third-order valence-electron chi connectivity index (χ3n) is 1.74. The van der Waals surface area contributed by atoms with Gasteiger partial charge in [-0.1, -0.05) is 30.0 Å². The van der Waals surface area contributed by atoms with Crippen LogP contribution in [0.3, 0.4) is 0 Å². The van der Waals surface area contributed by atoms with Crippen LogP contribution in [0.5, 0.6) is 0 Å². The van der Waals surface area contributed by atoms with E-state index in [1.54, 1.807) is 30.0 Å². The van der Waals surface area contributed by atoms with Gasteiger partial charge < -0.3 is 10.0 Å². The second-order valence-electron chi connectivity index (χ2n) is 3.31. The number of anilines is 1. The van der Waals surface area contributed by atoms with Crippen molar-refractivity contribution in [1.82, 2.24) is 10.2 Å². The number of hydrogen-bond acceptors (Lipinski definition) is 6. The number of nitrogens with zero attached hydrogens (tertiary/aromatic N) is 3. The molecule has 0 amide bonds. The van der Waals surface area contributed by atoms with E-state index in [1.807, 2.05) is 25.9 Å². The van der Waals surface area contributed by atoms with E-state index in [-0.39, 0.29) is 11.4 Å². The van der Waals surface area contributed by atoms with Crippen LogP contribution in [0.2, 0.25) is 0 Å². The van der Waals surface area contributed by atoms with E-state index in [0.29, 0.717) is 0 Å². The molecule has 1 heterocycles. The maximum atomic E-state index is 9.32. The zero-order valence-electron chi connectivity index (χ0n) is 8.76. The lowest BCUT2D eigenvalue weighted by molar-refractivity contribution is 0.196. The Morgan fingerprint density at radius 2 is 2.00 bits per heavy atom. The number of thioether (sulfide) groups is 1. The van der Waals surface area contributed by atoms with Crippen molar-refractivity contribution in [2.75, 3.05) is 19.0 Å². The van der Waals surface area contributed by atoms with Gasteiger partial charge in [-0.05, 0) is 6.92 Å². The van der Waals surface area contributed by atoms with E-state index in [0.717, 1.165) is 9.47 Å².